The van der Waals surface area contributed by atoms with Crippen molar-refractivity contribution in [3.05, 3.63) is 88.2 Å². The molecule has 0 unspecified atom stereocenters. The number of benzene rings is 2. The molecule has 132 valence electrons. The molecule has 0 radical (unpaired) electrons. The predicted octanol–water partition coefficient (Wildman–Crippen LogP) is 5.48. The first kappa shape index (κ1) is 18.2. The van der Waals surface area contributed by atoms with Gasteiger partial charge >= 0.3 is 5.97 Å². The van der Waals surface area contributed by atoms with Crippen LogP contribution >= 0.6 is 11.6 Å². The number of hydrogen-bond acceptors (Lipinski definition) is 3. The van der Waals surface area contributed by atoms with Gasteiger partial charge < -0.3 is 4.74 Å². The van der Waals surface area contributed by atoms with Gasteiger partial charge in [-0.2, -0.15) is 0 Å². The monoisotopic (exact) mass is 365 g/mol. The highest BCUT2D eigenvalue weighted by Crippen LogP contribution is 2.31. The van der Waals surface area contributed by atoms with Crippen LogP contribution < -0.4 is 0 Å². The van der Waals surface area contributed by atoms with E-state index in [9.17, 15) is 4.79 Å². The summed E-state index contributed by atoms with van der Waals surface area (Å²) in [6.07, 6.45) is 0.605. The molecule has 4 heteroatoms. The molecule has 2 aromatic carbocycles. The molecule has 0 amide bonds. The minimum Gasteiger partial charge on any atom is -0.461 e. The van der Waals surface area contributed by atoms with Crippen LogP contribution in [0, 0.1) is 6.92 Å². The zero-order chi connectivity index (χ0) is 18.5. The fourth-order valence-corrected chi connectivity index (χ4v) is 3.02. The lowest BCUT2D eigenvalue weighted by atomic mass is 9.98. The van der Waals surface area contributed by atoms with Crippen molar-refractivity contribution in [3.8, 4) is 11.1 Å². The molecule has 0 atom stereocenters. The van der Waals surface area contributed by atoms with Gasteiger partial charge in [0.15, 0.2) is 0 Å². The molecule has 3 nitrogen and oxygen atoms in total. The van der Waals surface area contributed by atoms with Crippen LogP contribution in [-0.4, -0.2) is 17.6 Å². The Balaban J connectivity index is 2.07. The molecule has 3 rings (SSSR count). The van der Waals surface area contributed by atoms with E-state index >= 15 is 0 Å². The van der Waals surface area contributed by atoms with Gasteiger partial charge in [-0.15, -0.1) is 0 Å². The van der Waals surface area contributed by atoms with Crippen molar-refractivity contribution in [2.45, 2.75) is 20.3 Å². The van der Waals surface area contributed by atoms with Crippen LogP contribution in [0.5, 0.6) is 0 Å². The largest absolute Gasteiger partial charge is 0.461 e. The summed E-state index contributed by atoms with van der Waals surface area (Å²) in [6.45, 7) is 4.15. The van der Waals surface area contributed by atoms with Crippen molar-refractivity contribution in [2.24, 2.45) is 0 Å². The summed E-state index contributed by atoms with van der Waals surface area (Å²) >= 11 is 6.39. The highest BCUT2D eigenvalue weighted by atomic mass is 35.5. The van der Waals surface area contributed by atoms with E-state index in [0.717, 1.165) is 22.4 Å². The van der Waals surface area contributed by atoms with Crippen LogP contribution in [0.2, 0.25) is 5.02 Å². The number of aryl methyl sites for hydroxylation is 1. The Morgan fingerprint density at radius 3 is 2.42 bits per heavy atom. The van der Waals surface area contributed by atoms with E-state index < -0.39 is 5.97 Å². The molecule has 0 bridgehead atoms. The molecular formula is C22H20ClNO2. The lowest BCUT2D eigenvalue weighted by Gasteiger charge is -2.12. The Kier molecular flexibility index (Phi) is 5.69. The second kappa shape index (κ2) is 8.15. The number of pyridine rings is 1. The van der Waals surface area contributed by atoms with Gasteiger partial charge in [-0.25, -0.2) is 9.78 Å². The van der Waals surface area contributed by atoms with Crippen LogP contribution in [0.4, 0.5) is 0 Å². The molecule has 26 heavy (non-hydrogen) atoms. The molecule has 1 aromatic heterocycles. The minimum atomic E-state index is -0.414. The van der Waals surface area contributed by atoms with Gasteiger partial charge in [0.2, 0.25) is 0 Å². The van der Waals surface area contributed by atoms with Crippen molar-refractivity contribution < 1.29 is 9.53 Å². The highest BCUT2D eigenvalue weighted by Gasteiger charge is 2.15. The molecule has 0 aliphatic heterocycles. The average Bonchev–Trinajstić information content (AvgIpc) is 2.64. The van der Waals surface area contributed by atoms with Gasteiger partial charge in [-0.1, -0.05) is 65.7 Å². The molecular weight excluding hydrogens is 346 g/mol. The molecule has 0 fully saturated rings. The maximum absolute atomic E-state index is 12.1. The van der Waals surface area contributed by atoms with E-state index in [1.165, 1.54) is 5.56 Å². The number of esters is 1. The summed E-state index contributed by atoms with van der Waals surface area (Å²) in [7, 11) is 0. The number of carbonyl (C=O) groups is 1. The Labute approximate surface area is 158 Å². The summed E-state index contributed by atoms with van der Waals surface area (Å²) < 4.78 is 5.09. The van der Waals surface area contributed by atoms with E-state index in [4.69, 9.17) is 16.3 Å². The number of ether oxygens (including phenoxy) is 1. The van der Waals surface area contributed by atoms with Gasteiger partial charge in [-0.05, 0) is 31.5 Å². The highest BCUT2D eigenvalue weighted by molar-refractivity contribution is 6.33. The van der Waals surface area contributed by atoms with Crippen molar-refractivity contribution in [1.82, 2.24) is 4.98 Å². The minimum absolute atomic E-state index is 0.310. The second-order valence-electron chi connectivity index (χ2n) is 6.05. The van der Waals surface area contributed by atoms with Crippen LogP contribution in [0.25, 0.3) is 11.1 Å². The predicted molar refractivity (Wildman–Crippen MR) is 105 cm³/mol. The van der Waals surface area contributed by atoms with Crippen LogP contribution in [-0.2, 0) is 11.2 Å². The Bertz CT molecular complexity index is 920. The van der Waals surface area contributed by atoms with E-state index in [-0.39, 0.29) is 0 Å². The zero-order valence-corrected chi connectivity index (χ0v) is 15.6. The lowest BCUT2D eigenvalue weighted by molar-refractivity contribution is 0.0519. The summed E-state index contributed by atoms with van der Waals surface area (Å²) in [4.78, 5) is 16.7. The molecule has 1 heterocycles. The summed E-state index contributed by atoms with van der Waals surface area (Å²) in [5.74, 6) is -0.414. The Morgan fingerprint density at radius 1 is 1.00 bits per heavy atom. The lowest BCUT2D eigenvalue weighted by Crippen LogP contribution is -2.09. The molecule has 0 spiro atoms. The zero-order valence-electron chi connectivity index (χ0n) is 14.8. The van der Waals surface area contributed by atoms with Crippen LogP contribution in [0.1, 0.15) is 34.2 Å². The number of aromatic nitrogens is 1. The third-order valence-electron chi connectivity index (χ3n) is 4.11. The van der Waals surface area contributed by atoms with Crippen molar-refractivity contribution in [1.29, 1.82) is 0 Å². The molecule has 0 N–H and O–H groups in total. The molecule has 0 saturated carbocycles. The van der Waals surface area contributed by atoms with Gasteiger partial charge in [0.1, 0.15) is 5.69 Å². The maximum atomic E-state index is 12.1. The fraction of sp³-hybridized carbons (Fsp3) is 0.182. The molecule has 0 aliphatic carbocycles. The molecule has 3 aromatic rings. The number of halogens is 1. The summed E-state index contributed by atoms with van der Waals surface area (Å²) in [5, 5.41) is 0.656. The average molecular weight is 366 g/mol. The number of nitrogens with zero attached hydrogens (tertiary/aromatic N) is 1. The first-order chi connectivity index (χ1) is 12.6. The quantitative estimate of drug-likeness (QED) is 0.562. The molecule has 0 saturated heterocycles. The number of rotatable bonds is 5. The topological polar surface area (TPSA) is 39.2 Å². The third kappa shape index (κ3) is 4.12. The van der Waals surface area contributed by atoms with Gasteiger partial charge in [-0.3, -0.25) is 0 Å². The summed E-state index contributed by atoms with van der Waals surface area (Å²) in [5.41, 5.74) is 5.26. The number of carbonyl (C=O) groups excluding carboxylic acids is 1. The fourth-order valence-electron chi connectivity index (χ4n) is 2.78. The van der Waals surface area contributed by atoms with Crippen LogP contribution in [0.15, 0.2) is 60.7 Å². The molecule has 0 aliphatic rings. The second-order valence-corrected chi connectivity index (χ2v) is 6.46. The van der Waals surface area contributed by atoms with Crippen LogP contribution in [0.3, 0.4) is 0 Å². The van der Waals surface area contributed by atoms with Crippen molar-refractivity contribution in [2.75, 3.05) is 6.61 Å². The van der Waals surface area contributed by atoms with E-state index in [1.54, 1.807) is 13.0 Å². The number of hydrogen-bond donors (Lipinski definition) is 0. The standard InChI is InChI=1S/C22H20ClNO2/c1-3-26-22(25)20-13-12-18(17-6-4-5-7-19(17)23)21(24-20)14-16-10-8-15(2)9-11-16/h4-13H,3,14H2,1-2H3. The van der Waals surface area contributed by atoms with Gasteiger partial charge in [0.05, 0.1) is 12.3 Å². The first-order valence-electron chi connectivity index (χ1n) is 8.56. The first-order valence-corrected chi connectivity index (χ1v) is 8.93. The van der Waals surface area contributed by atoms with Crippen molar-refractivity contribution in [3.63, 3.8) is 0 Å². The maximum Gasteiger partial charge on any atom is 0.356 e. The van der Waals surface area contributed by atoms with Gasteiger partial charge in [0, 0.05) is 22.6 Å². The van der Waals surface area contributed by atoms with E-state index in [2.05, 4.69) is 36.2 Å². The Morgan fingerprint density at radius 2 is 1.73 bits per heavy atom. The summed E-state index contributed by atoms with van der Waals surface area (Å²) in [6, 6.07) is 19.5. The van der Waals surface area contributed by atoms with Gasteiger partial charge in [0.25, 0.3) is 0 Å². The van der Waals surface area contributed by atoms with Crippen molar-refractivity contribution >= 4 is 17.6 Å². The third-order valence-corrected chi connectivity index (χ3v) is 4.44. The van der Waals surface area contributed by atoms with E-state index in [0.29, 0.717) is 23.7 Å². The smallest absolute Gasteiger partial charge is 0.356 e. The SMILES string of the molecule is CCOC(=O)c1ccc(-c2ccccc2Cl)c(Cc2ccc(C)cc2)n1. The normalized spacial score (nSPS) is 10.6. The Hall–Kier alpha value is -2.65. The van der Waals surface area contributed by atoms with E-state index in [1.807, 2.05) is 30.3 Å².